The van der Waals surface area contributed by atoms with Gasteiger partial charge in [0.25, 0.3) is 5.91 Å². The van der Waals surface area contributed by atoms with E-state index in [1.54, 1.807) is 12.1 Å². The average molecular weight is 289 g/mol. The van der Waals surface area contributed by atoms with Gasteiger partial charge in [-0.3, -0.25) is 10.1 Å². The first-order chi connectivity index (χ1) is 9.72. The van der Waals surface area contributed by atoms with Gasteiger partial charge < -0.3 is 4.74 Å². The van der Waals surface area contributed by atoms with E-state index in [0.29, 0.717) is 10.7 Å². The van der Waals surface area contributed by atoms with Crippen LogP contribution in [0.25, 0.3) is 0 Å². The third-order valence-electron chi connectivity index (χ3n) is 3.18. The number of nitrogens with one attached hydrogen (secondary N) is 1. The molecule has 0 aliphatic carbocycles. The number of aromatic nitrogens is 2. The summed E-state index contributed by atoms with van der Waals surface area (Å²) < 4.78 is 5.55. The monoisotopic (exact) mass is 289 g/mol. The number of nitrogens with zero attached hydrogens (tertiary/aromatic N) is 2. The minimum absolute atomic E-state index is 0.0394. The van der Waals surface area contributed by atoms with Crippen LogP contribution in [0.3, 0.4) is 0 Å². The molecule has 6 heteroatoms. The number of carbonyl (C=O) groups is 1. The second kappa shape index (κ2) is 5.68. The van der Waals surface area contributed by atoms with Crippen LogP contribution >= 0.6 is 11.3 Å². The molecule has 5 nitrogen and oxygen atoms in total. The highest BCUT2D eigenvalue weighted by atomic mass is 32.1. The van der Waals surface area contributed by atoms with Crippen LogP contribution in [0.5, 0.6) is 0 Å². The molecule has 1 atom stereocenters. The second-order valence-electron chi connectivity index (χ2n) is 4.77. The molecular weight excluding hydrogens is 274 g/mol. The molecule has 2 heterocycles. The Labute approximate surface area is 121 Å². The smallest absolute Gasteiger partial charge is 0.257 e. The number of benzene rings is 1. The predicted molar refractivity (Wildman–Crippen MR) is 77.0 cm³/mol. The van der Waals surface area contributed by atoms with Crippen molar-refractivity contribution < 1.29 is 9.53 Å². The largest absolute Gasteiger partial charge is 0.371 e. The highest BCUT2D eigenvalue weighted by molar-refractivity contribution is 7.15. The Morgan fingerprint density at radius 3 is 2.85 bits per heavy atom. The van der Waals surface area contributed by atoms with Gasteiger partial charge in [-0.05, 0) is 31.9 Å². The molecule has 0 saturated carbocycles. The number of ether oxygens (including phenoxy) is 1. The number of aryl methyl sites for hydroxylation is 1. The lowest BCUT2D eigenvalue weighted by Gasteiger charge is -2.03. The Kier molecular flexibility index (Phi) is 3.75. The minimum atomic E-state index is -0.167. The summed E-state index contributed by atoms with van der Waals surface area (Å²) in [6.07, 6.45) is 2.06. The molecule has 0 spiro atoms. The third-order valence-corrected chi connectivity index (χ3v) is 4.11. The Morgan fingerprint density at radius 1 is 1.35 bits per heavy atom. The first-order valence-electron chi connectivity index (χ1n) is 6.55. The number of rotatable bonds is 3. The Hall–Kier alpha value is -1.79. The van der Waals surface area contributed by atoms with E-state index in [2.05, 4.69) is 15.5 Å². The lowest BCUT2D eigenvalue weighted by Crippen LogP contribution is -2.11. The van der Waals surface area contributed by atoms with Gasteiger partial charge in [0.1, 0.15) is 11.1 Å². The van der Waals surface area contributed by atoms with E-state index in [1.165, 1.54) is 11.3 Å². The summed E-state index contributed by atoms with van der Waals surface area (Å²) in [6, 6.07) is 7.42. The quantitative estimate of drug-likeness (QED) is 0.943. The van der Waals surface area contributed by atoms with Gasteiger partial charge >= 0.3 is 0 Å². The van der Waals surface area contributed by atoms with Crippen molar-refractivity contribution in [3.8, 4) is 0 Å². The van der Waals surface area contributed by atoms with Crippen LogP contribution in [0, 0.1) is 6.92 Å². The van der Waals surface area contributed by atoms with Crippen LogP contribution in [-0.2, 0) is 4.74 Å². The van der Waals surface area contributed by atoms with E-state index in [0.717, 1.165) is 30.0 Å². The molecule has 1 unspecified atom stereocenters. The molecule has 2 aromatic rings. The number of hydrogen-bond acceptors (Lipinski definition) is 5. The van der Waals surface area contributed by atoms with Crippen molar-refractivity contribution in [2.75, 3.05) is 11.9 Å². The summed E-state index contributed by atoms with van der Waals surface area (Å²) in [5, 5.41) is 12.2. The number of carbonyl (C=O) groups excluding carboxylic acids is 1. The van der Waals surface area contributed by atoms with Gasteiger partial charge in [0.05, 0.1) is 0 Å². The van der Waals surface area contributed by atoms with Crippen LogP contribution in [0.15, 0.2) is 24.3 Å². The van der Waals surface area contributed by atoms with Crippen molar-refractivity contribution in [1.82, 2.24) is 10.2 Å². The average Bonchev–Trinajstić information content (AvgIpc) is 3.09. The lowest BCUT2D eigenvalue weighted by atomic mass is 10.1. The molecule has 3 rings (SSSR count). The highest BCUT2D eigenvalue weighted by Gasteiger charge is 2.22. The molecule has 0 bridgehead atoms. The van der Waals surface area contributed by atoms with Crippen LogP contribution in [0.4, 0.5) is 5.13 Å². The molecule has 1 fully saturated rings. The summed E-state index contributed by atoms with van der Waals surface area (Å²) in [6.45, 7) is 2.76. The Balaban J connectivity index is 1.68. The van der Waals surface area contributed by atoms with E-state index >= 15 is 0 Å². The molecule has 1 saturated heterocycles. The molecule has 1 aromatic heterocycles. The maximum atomic E-state index is 12.1. The van der Waals surface area contributed by atoms with Crippen molar-refractivity contribution in [2.24, 2.45) is 0 Å². The zero-order chi connectivity index (χ0) is 13.9. The molecule has 1 aliphatic heterocycles. The molecular formula is C14H15N3O2S. The maximum Gasteiger partial charge on any atom is 0.257 e. The lowest BCUT2D eigenvalue weighted by molar-refractivity contribution is 0.102. The molecule has 20 heavy (non-hydrogen) atoms. The summed E-state index contributed by atoms with van der Waals surface area (Å²) in [5.41, 5.74) is 1.74. The first kappa shape index (κ1) is 13.2. The van der Waals surface area contributed by atoms with Gasteiger partial charge in [-0.2, -0.15) is 0 Å². The normalized spacial score (nSPS) is 18.1. The number of amides is 1. The van der Waals surface area contributed by atoms with E-state index in [9.17, 15) is 4.79 Å². The van der Waals surface area contributed by atoms with Gasteiger partial charge in [0, 0.05) is 12.2 Å². The summed E-state index contributed by atoms with van der Waals surface area (Å²) in [7, 11) is 0. The molecule has 1 aromatic carbocycles. The molecule has 1 amide bonds. The topological polar surface area (TPSA) is 64.1 Å². The van der Waals surface area contributed by atoms with Gasteiger partial charge in [-0.1, -0.05) is 29.0 Å². The summed E-state index contributed by atoms with van der Waals surface area (Å²) in [4.78, 5) is 12.1. The van der Waals surface area contributed by atoms with Crippen LogP contribution in [0.1, 0.15) is 39.9 Å². The number of anilines is 1. The Bertz CT molecular complexity index is 603. The zero-order valence-electron chi connectivity index (χ0n) is 11.1. The fourth-order valence-electron chi connectivity index (χ4n) is 2.06. The van der Waals surface area contributed by atoms with E-state index < -0.39 is 0 Å². The van der Waals surface area contributed by atoms with Gasteiger partial charge in [0.2, 0.25) is 5.13 Å². The predicted octanol–water partition coefficient (Wildman–Crippen LogP) is 2.95. The van der Waals surface area contributed by atoms with E-state index in [4.69, 9.17) is 4.74 Å². The molecule has 1 aliphatic rings. The molecule has 0 radical (unpaired) electrons. The van der Waals surface area contributed by atoms with Gasteiger partial charge in [-0.15, -0.1) is 10.2 Å². The SMILES string of the molecule is Cc1ccc(C(=O)Nc2nnc(C3CCCO3)s2)cc1. The number of hydrogen-bond donors (Lipinski definition) is 1. The summed E-state index contributed by atoms with van der Waals surface area (Å²) >= 11 is 1.38. The van der Waals surface area contributed by atoms with Crippen LogP contribution in [0.2, 0.25) is 0 Å². The fraction of sp³-hybridized carbons (Fsp3) is 0.357. The molecule has 1 N–H and O–H groups in total. The summed E-state index contributed by atoms with van der Waals surface area (Å²) in [5.74, 6) is -0.167. The van der Waals surface area contributed by atoms with Crippen molar-refractivity contribution in [1.29, 1.82) is 0 Å². The van der Waals surface area contributed by atoms with Crippen molar-refractivity contribution in [3.05, 3.63) is 40.4 Å². The van der Waals surface area contributed by atoms with Crippen molar-refractivity contribution in [3.63, 3.8) is 0 Å². The zero-order valence-corrected chi connectivity index (χ0v) is 11.9. The van der Waals surface area contributed by atoms with Gasteiger partial charge in [0.15, 0.2) is 0 Å². The second-order valence-corrected chi connectivity index (χ2v) is 5.78. The minimum Gasteiger partial charge on any atom is -0.371 e. The highest BCUT2D eigenvalue weighted by Crippen LogP contribution is 2.31. The Morgan fingerprint density at radius 2 is 2.15 bits per heavy atom. The van der Waals surface area contributed by atoms with Gasteiger partial charge in [-0.25, -0.2) is 0 Å². The van der Waals surface area contributed by atoms with Crippen molar-refractivity contribution >= 4 is 22.4 Å². The fourth-order valence-corrected chi connectivity index (χ4v) is 2.88. The first-order valence-corrected chi connectivity index (χ1v) is 7.37. The molecule has 104 valence electrons. The van der Waals surface area contributed by atoms with Crippen LogP contribution in [-0.4, -0.2) is 22.7 Å². The van der Waals surface area contributed by atoms with E-state index in [-0.39, 0.29) is 12.0 Å². The van der Waals surface area contributed by atoms with Crippen LogP contribution < -0.4 is 5.32 Å². The van der Waals surface area contributed by atoms with E-state index in [1.807, 2.05) is 19.1 Å². The van der Waals surface area contributed by atoms with Crippen molar-refractivity contribution in [2.45, 2.75) is 25.9 Å². The maximum absolute atomic E-state index is 12.1. The third kappa shape index (κ3) is 2.86. The standard InChI is InChI=1S/C14H15N3O2S/c1-9-4-6-10(7-5-9)12(18)15-14-17-16-13(20-14)11-3-2-8-19-11/h4-7,11H,2-3,8H2,1H3,(H,15,17,18).